The van der Waals surface area contributed by atoms with Crippen molar-refractivity contribution in [3.63, 3.8) is 0 Å². The zero-order chi connectivity index (χ0) is 24.1. The molecule has 2 N–H and O–H groups in total. The van der Waals surface area contributed by atoms with E-state index in [-0.39, 0.29) is 4.32 Å². The highest BCUT2D eigenvalue weighted by Crippen LogP contribution is 2.37. The highest BCUT2D eigenvalue weighted by Gasteiger charge is 2.33. The summed E-state index contributed by atoms with van der Waals surface area (Å²) in [6.45, 7) is 4.76. The molecule has 0 bridgehead atoms. The number of benzene rings is 2. The fraction of sp³-hybridized carbons (Fsp3) is 0.190. The second kappa shape index (κ2) is 11.6. The lowest BCUT2D eigenvalue weighted by Crippen LogP contribution is -2.46. The van der Waals surface area contributed by atoms with E-state index >= 15 is 0 Å². The number of nitrogens with zero attached hydrogens (tertiary/aromatic N) is 1. The number of rotatable bonds is 7. The first kappa shape index (κ1) is 25.9. The summed E-state index contributed by atoms with van der Waals surface area (Å²) in [4.78, 5) is 25.6. The Morgan fingerprint density at radius 1 is 1.18 bits per heavy atom. The molecule has 2 aromatic rings. The number of urea groups is 1. The molecule has 0 unspecified atom stereocenters. The van der Waals surface area contributed by atoms with E-state index in [1.165, 1.54) is 6.07 Å². The van der Waals surface area contributed by atoms with Gasteiger partial charge in [-0.1, -0.05) is 35.0 Å². The van der Waals surface area contributed by atoms with Crippen LogP contribution in [0.4, 0.5) is 10.5 Å². The SMILES string of the molecule is CCOc1cc(/C=C2/SC(=S)N(NC(=O)Nc3ccc(Cl)c(Cl)c3)C2=O)cc(I)c1OCC. The average molecular weight is 638 g/mol. The second-order valence-electron chi connectivity index (χ2n) is 6.41. The summed E-state index contributed by atoms with van der Waals surface area (Å²) in [7, 11) is 0. The lowest BCUT2D eigenvalue weighted by molar-refractivity contribution is -0.123. The van der Waals surface area contributed by atoms with Crippen molar-refractivity contribution >= 4 is 97.8 Å². The highest BCUT2D eigenvalue weighted by molar-refractivity contribution is 14.1. The normalized spacial score (nSPS) is 14.6. The number of hydrogen-bond acceptors (Lipinski definition) is 6. The van der Waals surface area contributed by atoms with Crippen LogP contribution < -0.4 is 20.2 Å². The van der Waals surface area contributed by atoms with Crippen LogP contribution in [0.3, 0.4) is 0 Å². The van der Waals surface area contributed by atoms with Gasteiger partial charge in [-0.15, -0.1) is 0 Å². The first-order chi connectivity index (χ1) is 15.7. The minimum Gasteiger partial charge on any atom is -0.490 e. The van der Waals surface area contributed by atoms with Crippen molar-refractivity contribution in [1.82, 2.24) is 10.4 Å². The van der Waals surface area contributed by atoms with Crippen LogP contribution in [0.25, 0.3) is 6.08 Å². The van der Waals surface area contributed by atoms with Crippen molar-refractivity contribution in [3.8, 4) is 11.5 Å². The number of amides is 3. The number of thiocarbonyl (C=S) groups is 1. The monoisotopic (exact) mass is 637 g/mol. The molecule has 2 aromatic carbocycles. The molecule has 3 rings (SSSR count). The Labute approximate surface area is 224 Å². The van der Waals surface area contributed by atoms with Crippen LogP contribution in [0.15, 0.2) is 35.2 Å². The first-order valence-electron chi connectivity index (χ1n) is 9.63. The molecule has 1 saturated heterocycles. The number of carbonyl (C=O) groups is 2. The summed E-state index contributed by atoms with van der Waals surface area (Å²) in [6.07, 6.45) is 1.69. The minimum atomic E-state index is -0.653. The van der Waals surface area contributed by atoms with Crippen molar-refractivity contribution in [2.45, 2.75) is 13.8 Å². The molecule has 174 valence electrons. The van der Waals surface area contributed by atoms with Crippen LogP contribution in [0, 0.1) is 3.57 Å². The Kier molecular flexibility index (Phi) is 9.10. The third-order valence-electron chi connectivity index (χ3n) is 4.10. The van der Waals surface area contributed by atoms with E-state index in [1.54, 1.807) is 24.3 Å². The molecule has 0 atom stereocenters. The Morgan fingerprint density at radius 3 is 2.58 bits per heavy atom. The predicted octanol–water partition coefficient (Wildman–Crippen LogP) is 6.33. The summed E-state index contributed by atoms with van der Waals surface area (Å²) in [6, 6.07) is 7.66. The van der Waals surface area contributed by atoms with Crippen molar-refractivity contribution in [2.24, 2.45) is 0 Å². The Bertz CT molecular complexity index is 1150. The lowest BCUT2D eigenvalue weighted by Gasteiger charge is -2.16. The number of carbonyl (C=O) groups excluding carboxylic acids is 2. The summed E-state index contributed by atoms with van der Waals surface area (Å²) in [5, 5.41) is 4.25. The molecular weight excluding hydrogens is 620 g/mol. The number of hydrazine groups is 1. The van der Waals surface area contributed by atoms with E-state index in [0.29, 0.717) is 45.4 Å². The lowest BCUT2D eigenvalue weighted by atomic mass is 10.2. The number of hydrogen-bond donors (Lipinski definition) is 2. The third-order valence-corrected chi connectivity index (χ3v) is 6.95. The second-order valence-corrected chi connectivity index (χ2v) is 10.1. The van der Waals surface area contributed by atoms with E-state index in [0.717, 1.165) is 25.9 Å². The maximum absolute atomic E-state index is 12.9. The first-order valence-corrected chi connectivity index (χ1v) is 12.7. The number of ether oxygens (including phenoxy) is 2. The van der Waals surface area contributed by atoms with Gasteiger partial charge < -0.3 is 14.8 Å². The van der Waals surface area contributed by atoms with Gasteiger partial charge in [0, 0.05) is 5.69 Å². The van der Waals surface area contributed by atoms with Gasteiger partial charge in [0.25, 0.3) is 5.91 Å². The number of nitrogens with one attached hydrogen (secondary N) is 2. The zero-order valence-electron chi connectivity index (χ0n) is 17.4. The Hall–Kier alpha value is -1.73. The van der Waals surface area contributed by atoms with E-state index < -0.39 is 11.9 Å². The molecule has 1 fully saturated rings. The van der Waals surface area contributed by atoms with Crippen LogP contribution in [0.5, 0.6) is 11.5 Å². The molecule has 1 aliphatic rings. The van der Waals surface area contributed by atoms with Gasteiger partial charge in [0.15, 0.2) is 15.8 Å². The summed E-state index contributed by atoms with van der Waals surface area (Å²) in [5.74, 6) is 0.800. The van der Waals surface area contributed by atoms with E-state index in [4.69, 9.17) is 44.9 Å². The molecule has 3 amide bonds. The number of anilines is 1. The maximum atomic E-state index is 12.9. The summed E-state index contributed by atoms with van der Waals surface area (Å²) < 4.78 is 12.4. The molecule has 33 heavy (non-hydrogen) atoms. The molecule has 0 aromatic heterocycles. The van der Waals surface area contributed by atoms with Gasteiger partial charge in [0.2, 0.25) is 0 Å². The smallest absolute Gasteiger partial charge is 0.338 e. The predicted molar refractivity (Wildman–Crippen MR) is 145 cm³/mol. The van der Waals surface area contributed by atoms with Gasteiger partial charge in [-0.2, -0.15) is 5.01 Å². The third kappa shape index (κ3) is 6.44. The fourth-order valence-corrected chi connectivity index (χ4v) is 5.03. The van der Waals surface area contributed by atoms with Gasteiger partial charge in [0.1, 0.15) is 0 Å². The highest BCUT2D eigenvalue weighted by atomic mass is 127. The topological polar surface area (TPSA) is 79.9 Å². The molecule has 1 aliphatic heterocycles. The molecule has 0 saturated carbocycles. The minimum absolute atomic E-state index is 0.196. The number of halogens is 3. The Morgan fingerprint density at radius 2 is 1.91 bits per heavy atom. The van der Waals surface area contributed by atoms with Gasteiger partial charge in [-0.25, -0.2) is 10.2 Å². The van der Waals surface area contributed by atoms with E-state index in [1.807, 2.05) is 19.9 Å². The molecule has 0 radical (unpaired) electrons. The van der Waals surface area contributed by atoms with Gasteiger partial charge >= 0.3 is 6.03 Å². The Balaban J connectivity index is 1.76. The number of thioether (sulfide) groups is 1. The van der Waals surface area contributed by atoms with Crippen LogP contribution in [0.1, 0.15) is 19.4 Å². The van der Waals surface area contributed by atoms with Crippen molar-refractivity contribution in [3.05, 3.63) is 54.4 Å². The molecule has 0 spiro atoms. The molecule has 1 heterocycles. The van der Waals surface area contributed by atoms with Crippen LogP contribution in [0.2, 0.25) is 10.0 Å². The van der Waals surface area contributed by atoms with Crippen LogP contribution in [-0.4, -0.2) is 34.5 Å². The maximum Gasteiger partial charge on any atom is 0.338 e. The van der Waals surface area contributed by atoms with Gasteiger partial charge in [0.05, 0.1) is 31.7 Å². The molecular formula is C21H18Cl2IN3O4S2. The van der Waals surface area contributed by atoms with Crippen molar-refractivity contribution in [1.29, 1.82) is 0 Å². The molecule has 7 nitrogen and oxygen atoms in total. The molecule has 0 aliphatic carbocycles. The van der Waals surface area contributed by atoms with Crippen molar-refractivity contribution in [2.75, 3.05) is 18.5 Å². The van der Waals surface area contributed by atoms with E-state index in [9.17, 15) is 9.59 Å². The largest absolute Gasteiger partial charge is 0.490 e. The average Bonchev–Trinajstić information content (AvgIpc) is 3.01. The van der Waals surface area contributed by atoms with Gasteiger partial charge in [-0.05, 0) is 90.6 Å². The zero-order valence-corrected chi connectivity index (χ0v) is 22.7. The quantitative estimate of drug-likeness (QED) is 0.210. The summed E-state index contributed by atoms with van der Waals surface area (Å²) >= 11 is 20.4. The van der Waals surface area contributed by atoms with Gasteiger partial charge in [-0.3, -0.25) is 4.79 Å². The van der Waals surface area contributed by atoms with Crippen LogP contribution in [-0.2, 0) is 4.79 Å². The molecule has 12 heteroatoms. The summed E-state index contributed by atoms with van der Waals surface area (Å²) in [5.41, 5.74) is 3.61. The fourth-order valence-electron chi connectivity index (χ4n) is 2.77. The van der Waals surface area contributed by atoms with Crippen LogP contribution >= 0.6 is 69.8 Å². The van der Waals surface area contributed by atoms with Crippen molar-refractivity contribution < 1.29 is 19.1 Å². The van der Waals surface area contributed by atoms with E-state index in [2.05, 4.69) is 33.3 Å². The standard InChI is InChI=1S/C21H18Cl2IN3O4S2/c1-3-30-16-8-11(7-15(24)18(16)31-4-2)9-17-19(28)27(21(32)33-17)26-20(29)25-12-5-6-13(22)14(23)10-12/h5-10H,3-4H2,1-2H3,(H2,25,26,29)/b17-9+.